The number of aryl methyl sites for hydroxylation is 1. The molecule has 0 amide bonds. The fourth-order valence-electron chi connectivity index (χ4n) is 2.04. The predicted octanol–water partition coefficient (Wildman–Crippen LogP) is 1.98. The second-order valence-corrected chi connectivity index (χ2v) is 4.75. The maximum absolute atomic E-state index is 6.07. The van der Waals surface area contributed by atoms with E-state index in [1.165, 1.54) is 0 Å². The topological polar surface area (TPSA) is 52.0 Å². The Kier molecular flexibility index (Phi) is 4.39. The van der Waals surface area contributed by atoms with Crippen LogP contribution >= 0.6 is 11.6 Å². The zero-order valence-electron chi connectivity index (χ0n) is 11.2. The molecule has 0 saturated heterocycles. The van der Waals surface area contributed by atoms with Crippen LogP contribution in [0.2, 0.25) is 5.02 Å². The van der Waals surface area contributed by atoms with Gasteiger partial charge in [0.25, 0.3) is 0 Å². The predicted molar refractivity (Wildman–Crippen MR) is 74.5 cm³/mol. The summed E-state index contributed by atoms with van der Waals surface area (Å²) in [4.78, 5) is 0. The van der Waals surface area contributed by atoms with Crippen molar-refractivity contribution in [3.05, 3.63) is 40.7 Å². The molecule has 2 aromatic rings. The average molecular weight is 281 g/mol. The Morgan fingerprint density at radius 1 is 1.47 bits per heavy atom. The van der Waals surface area contributed by atoms with Crippen molar-refractivity contribution in [1.29, 1.82) is 0 Å². The van der Waals surface area contributed by atoms with Gasteiger partial charge in [-0.25, -0.2) is 0 Å². The van der Waals surface area contributed by atoms with Crippen LogP contribution in [0.1, 0.15) is 17.3 Å². The van der Waals surface area contributed by atoms with E-state index in [1.807, 2.05) is 38.5 Å². The zero-order chi connectivity index (χ0) is 13.8. The molecular weight excluding hydrogens is 264 g/mol. The number of hydrogen-bond acceptors (Lipinski definition) is 4. The Bertz CT molecular complexity index is 555. The SMILES string of the molecule is CNC(Cc1cn(C)nn1)c1cc(Cl)ccc1OC. The molecule has 0 fully saturated rings. The Balaban J connectivity index is 2.28. The van der Waals surface area contributed by atoms with Gasteiger partial charge in [-0.15, -0.1) is 5.10 Å². The molecule has 0 bridgehead atoms. The number of halogens is 1. The van der Waals surface area contributed by atoms with E-state index >= 15 is 0 Å². The number of likely N-dealkylation sites (N-methyl/N-ethyl adjacent to an activating group) is 1. The van der Waals surface area contributed by atoms with Gasteiger partial charge in [0.05, 0.1) is 12.8 Å². The van der Waals surface area contributed by atoms with E-state index in [4.69, 9.17) is 16.3 Å². The van der Waals surface area contributed by atoms with Gasteiger partial charge in [0, 0.05) is 36.3 Å². The van der Waals surface area contributed by atoms with Crippen molar-refractivity contribution in [3.8, 4) is 5.75 Å². The Morgan fingerprint density at radius 3 is 2.84 bits per heavy atom. The first-order valence-corrected chi connectivity index (χ1v) is 6.37. The van der Waals surface area contributed by atoms with Gasteiger partial charge in [-0.2, -0.15) is 0 Å². The maximum atomic E-state index is 6.07. The molecule has 0 saturated carbocycles. The van der Waals surface area contributed by atoms with Gasteiger partial charge in [-0.3, -0.25) is 4.68 Å². The van der Waals surface area contributed by atoms with Crippen LogP contribution in [0.5, 0.6) is 5.75 Å². The highest BCUT2D eigenvalue weighted by atomic mass is 35.5. The molecule has 6 heteroatoms. The minimum atomic E-state index is 0.0744. The Hall–Kier alpha value is -1.59. The molecule has 1 aromatic carbocycles. The van der Waals surface area contributed by atoms with E-state index in [1.54, 1.807) is 11.8 Å². The minimum absolute atomic E-state index is 0.0744. The van der Waals surface area contributed by atoms with Gasteiger partial charge in [0.15, 0.2) is 0 Å². The first kappa shape index (κ1) is 13.8. The summed E-state index contributed by atoms with van der Waals surface area (Å²) < 4.78 is 7.08. The number of rotatable bonds is 5. The van der Waals surface area contributed by atoms with Gasteiger partial charge in [0.1, 0.15) is 5.75 Å². The first-order valence-electron chi connectivity index (χ1n) is 6.00. The molecule has 0 spiro atoms. The summed E-state index contributed by atoms with van der Waals surface area (Å²) in [5.74, 6) is 0.813. The molecule has 1 unspecified atom stereocenters. The van der Waals surface area contributed by atoms with Crippen molar-refractivity contribution in [1.82, 2.24) is 20.3 Å². The summed E-state index contributed by atoms with van der Waals surface area (Å²) >= 11 is 6.07. The van der Waals surface area contributed by atoms with E-state index < -0.39 is 0 Å². The van der Waals surface area contributed by atoms with Gasteiger partial charge in [-0.05, 0) is 25.2 Å². The van der Waals surface area contributed by atoms with E-state index in [-0.39, 0.29) is 6.04 Å². The number of benzene rings is 1. The average Bonchev–Trinajstić information content (AvgIpc) is 2.81. The van der Waals surface area contributed by atoms with Crippen molar-refractivity contribution in [2.75, 3.05) is 14.2 Å². The molecule has 0 radical (unpaired) electrons. The summed E-state index contributed by atoms with van der Waals surface area (Å²) in [6.45, 7) is 0. The van der Waals surface area contributed by atoms with Crippen molar-refractivity contribution in [2.24, 2.45) is 7.05 Å². The van der Waals surface area contributed by atoms with Crippen molar-refractivity contribution < 1.29 is 4.74 Å². The lowest BCUT2D eigenvalue weighted by Gasteiger charge is -2.18. The lowest BCUT2D eigenvalue weighted by molar-refractivity contribution is 0.401. The molecule has 1 aromatic heterocycles. The number of hydrogen-bond donors (Lipinski definition) is 1. The monoisotopic (exact) mass is 280 g/mol. The van der Waals surface area contributed by atoms with Gasteiger partial charge in [-0.1, -0.05) is 16.8 Å². The maximum Gasteiger partial charge on any atom is 0.123 e. The summed E-state index contributed by atoms with van der Waals surface area (Å²) in [6, 6.07) is 5.68. The summed E-state index contributed by atoms with van der Waals surface area (Å²) in [6.07, 6.45) is 2.63. The van der Waals surface area contributed by atoms with E-state index in [2.05, 4.69) is 15.6 Å². The van der Waals surface area contributed by atoms with Crippen LogP contribution < -0.4 is 10.1 Å². The molecule has 19 heavy (non-hydrogen) atoms. The van der Waals surface area contributed by atoms with Crippen molar-refractivity contribution in [2.45, 2.75) is 12.5 Å². The molecular formula is C13H17ClN4O. The second-order valence-electron chi connectivity index (χ2n) is 4.32. The van der Waals surface area contributed by atoms with Crippen molar-refractivity contribution in [3.63, 3.8) is 0 Å². The quantitative estimate of drug-likeness (QED) is 0.910. The van der Waals surface area contributed by atoms with E-state index in [0.29, 0.717) is 5.02 Å². The summed E-state index contributed by atoms with van der Waals surface area (Å²) in [7, 11) is 5.41. The molecule has 0 aliphatic heterocycles. The molecule has 0 aliphatic rings. The Morgan fingerprint density at radius 2 is 2.26 bits per heavy atom. The molecule has 1 heterocycles. The normalized spacial score (nSPS) is 12.4. The molecule has 1 atom stereocenters. The number of nitrogens with zero attached hydrogens (tertiary/aromatic N) is 3. The molecule has 5 nitrogen and oxygen atoms in total. The lowest BCUT2D eigenvalue weighted by atomic mass is 10.0. The highest BCUT2D eigenvalue weighted by Crippen LogP contribution is 2.29. The third kappa shape index (κ3) is 3.24. The minimum Gasteiger partial charge on any atom is -0.496 e. The van der Waals surface area contributed by atoms with Crippen LogP contribution in [0.15, 0.2) is 24.4 Å². The van der Waals surface area contributed by atoms with Crippen molar-refractivity contribution >= 4 is 11.6 Å². The highest BCUT2D eigenvalue weighted by Gasteiger charge is 2.17. The largest absolute Gasteiger partial charge is 0.496 e. The zero-order valence-corrected chi connectivity index (χ0v) is 12.0. The van der Waals surface area contributed by atoms with Crippen LogP contribution in [0.3, 0.4) is 0 Å². The highest BCUT2D eigenvalue weighted by molar-refractivity contribution is 6.30. The molecule has 1 N–H and O–H groups in total. The number of ether oxygens (including phenoxy) is 1. The molecule has 102 valence electrons. The van der Waals surface area contributed by atoms with Gasteiger partial charge < -0.3 is 10.1 Å². The number of nitrogens with one attached hydrogen (secondary N) is 1. The number of methoxy groups -OCH3 is 1. The van der Waals surface area contributed by atoms with Gasteiger partial charge in [0.2, 0.25) is 0 Å². The standard InChI is InChI=1S/C13H17ClN4O/c1-15-12(7-10-8-18(2)17-16-10)11-6-9(14)4-5-13(11)19-3/h4-6,8,12,15H,7H2,1-3H3. The second kappa shape index (κ2) is 6.04. The third-order valence-electron chi connectivity index (χ3n) is 2.98. The van der Waals surface area contributed by atoms with Crippen LogP contribution in [0, 0.1) is 0 Å². The third-order valence-corrected chi connectivity index (χ3v) is 3.21. The fourth-order valence-corrected chi connectivity index (χ4v) is 2.22. The van der Waals surface area contributed by atoms with Gasteiger partial charge >= 0.3 is 0 Å². The van der Waals surface area contributed by atoms with E-state index in [9.17, 15) is 0 Å². The molecule has 0 aliphatic carbocycles. The number of aromatic nitrogens is 3. The van der Waals surface area contributed by atoms with Crippen LogP contribution in [-0.2, 0) is 13.5 Å². The smallest absolute Gasteiger partial charge is 0.123 e. The van der Waals surface area contributed by atoms with E-state index in [0.717, 1.165) is 23.4 Å². The molecule has 2 rings (SSSR count). The fraction of sp³-hybridized carbons (Fsp3) is 0.385. The summed E-state index contributed by atoms with van der Waals surface area (Å²) in [5, 5.41) is 12.0. The lowest BCUT2D eigenvalue weighted by Crippen LogP contribution is -2.19. The summed E-state index contributed by atoms with van der Waals surface area (Å²) in [5.41, 5.74) is 1.94. The van der Waals surface area contributed by atoms with Crippen LogP contribution in [-0.4, -0.2) is 29.2 Å². The van der Waals surface area contributed by atoms with Crippen LogP contribution in [0.4, 0.5) is 0 Å². The Labute approximate surface area is 117 Å². The first-order chi connectivity index (χ1) is 9.13. The van der Waals surface area contributed by atoms with Crippen LogP contribution in [0.25, 0.3) is 0 Å².